The van der Waals surface area contributed by atoms with E-state index in [0.29, 0.717) is 18.8 Å². The van der Waals surface area contributed by atoms with Crippen LogP contribution < -0.4 is 5.32 Å². The Morgan fingerprint density at radius 2 is 2.33 bits per heavy atom. The van der Waals surface area contributed by atoms with Crippen molar-refractivity contribution >= 4 is 5.97 Å². The fourth-order valence-electron chi connectivity index (χ4n) is 0.665. The van der Waals surface area contributed by atoms with Gasteiger partial charge in [-0.25, -0.2) is 4.79 Å². The summed E-state index contributed by atoms with van der Waals surface area (Å²) in [6.07, 6.45) is 1.36. The molecular formula is C8H15NO3. The fraction of sp³-hybridized carbons (Fsp3) is 0.625. The Hall–Kier alpha value is -1.03. The minimum Gasteiger partial charge on any atom is -0.463 e. The molecule has 0 rings (SSSR count). The van der Waals surface area contributed by atoms with Crippen LogP contribution in [0.2, 0.25) is 0 Å². The van der Waals surface area contributed by atoms with Crippen LogP contribution in [0.4, 0.5) is 0 Å². The van der Waals surface area contributed by atoms with E-state index in [9.17, 15) is 4.79 Å². The largest absolute Gasteiger partial charge is 0.463 e. The SMILES string of the molecule is CCOC(=O)C=C(C)NCCO. The van der Waals surface area contributed by atoms with Crippen LogP contribution in [0.1, 0.15) is 13.8 Å². The summed E-state index contributed by atoms with van der Waals surface area (Å²) < 4.78 is 4.67. The lowest BCUT2D eigenvalue weighted by molar-refractivity contribution is -0.137. The Balaban J connectivity index is 3.72. The second-order valence-corrected chi connectivity index (χ2v) is 2.23. The maximum Gasteiger partial charge on any atom is 0.332 e. The zero-order chi connectivity index (χ0) is 9.40. The molecule has 0 aromatic carbocycles. The van der Waals surface area contributed by atoms with Crippen LogP contribution in [-0.2, 0) is 9.53 Å². The number of hydrogen-bond donors (Lipinski definition) is 2. The first-order valence-electron chi connectivity index (χ1n) is 3.90. The molecule has 0 bridgehead atoms. The van der Waals surface area contributed by atoms with Crippen molar-refractivity contribution in [1.82, 2.24) is 5.32 Å². The van der Waals surface area contributed by atoms with Gasteiger partial charge in [0.2, 0.25) is 0 Å². The van der Waals surface area contributed by atoms with Crippen LogP contribution in [0.3, 0.4) is 0 Å². The lowest BCUT2D eigenvalue weighted by atomic mass is 10.4. The molecule has 0 radical (unpaired) electrons. The molecule has 2 N–H and O–H groups in total. The third kappa shape index (κ3) is 5.73. The highest BCUT2D eigenvalue weighted by Gasteiger charge is 1.96. The molecule has 0 saturated heterocycles. The molecule has 0 amide bonds. The van der Waals surface area contributed by atoms with Gasteiger partial charge in [0.1, 0.15) is 0 Å². The second-order valence-electron chi connectivity index (χ2n) is 2.23. The summed E-state index contributed by atoms with van der Waals surface area (Å²) >= 11 is 0. The van der Waals surface area contributed by atoms with Gasteiger partial charge in [-0.1, -0.05) is 0 Å². The molecule has 12 heavy (non-hydrogen) atoms. The number of hydrogen-bond acceptors (Lipinski definition) is 4. The van der Waals surface area contributed by atoms with Gasteiger partial charge < -0.3 is 15.2 Å². The van der Waals surface area contributed by atoms with Gasteiger partial charge in [-0.05, 0) is 13.8 Å². The maximum absolute atomic E-state index is 10.8. The number of allylic oxidation sites excluding steroid dienone is 1. The molecule has 0 aliphatic heterocycles. The van der Waals surface area contributed by atoms with Gasteiger partial charge in [-0.15, -0.1) is 0 Å². The van der Waals surface area contributed by atoms with E-state index in [4.69, 9.17) is 5.11 Å². The van der Waals surface area contributed by atoms with Gasteiger partial charge >= 0.3 is 5.97 Å². The standard InChI is InChI=1S/C8H15NO3/c1-3-12-8(11)6-7(2)9-4-5-10/h6,9-10H,3-5H2,1-2H3. The second kappa shape index (κ2) is 6.67. The minimum absolute atomic E-state index is 0.0496. The van der Waals surface area contributed by atoms with E-state index < -0.39 is 0 Å². The summed E-state index contributed by atoms with van der Waals surface area (Å²) in [5.74, 6) is -0.361. The summed E-state index contributed by atoms with van der Waals surface area (Å²) in [5, 5.41) is 11.3. The average molecular weight is 173 g/mol. The highest BCUT2D eigenvalue weighted by molar-refractivity contribution is 5.82. The third-order valence-electron chi connectivity index (χ3n) is 1.14. The van der Waals surface area contributed by atoms with Crippen molar-refractivity contribution in [3.8, 4) is 0 Å². The third-order valence-corrected chi connectivity index (χ3v) is 1.14. The van der Waals surface area contributed by atoms with Crippen molar-refractivity contribution in [3.05, 3.63) is 11.8 Å². The summed E-state index contributed by atoms with van der Waals surface area (Å²) in [7, 11) is 0. The number of aliphatic hydroxyl groups is 1. The van der Waals surface area contributed by atoms with Gasteiger partial charge in [0.05, 0.1) is 13.2 Å². The van der Waals surface area contributed by atoms with Crippen molar-refractivity contribution < 1.29 is 14.6 Å². The number of rotatable bonds is 5. The zero-order valence-corrected chi connectivity index (χ0v) is 7.46. The predicted octanol–water partition coefficient (Wildman–Crippen LogP) is 0.0352. The average Bonchev–Trinajstić information content (AvgIpc) is 2.01. The van der Waals surface area contributed by atoms with Gasteiger partial charge in [0.15, 0.2) is 0 Å². The monoisotopic (exact) mass is 173 g/mol. The normalized spacial score (nSPS) is 11.1. The van der Waals surface area contributed by atoms with E-state index in [0.717, 1.165) is 0 Å². The topological polar surface area (TPSA) is 58.6 Å². The molecule has 0 aromatic rings. The molecule has 0 fully saturated rings. The number of nitrogens with one attached hydrogen (secondary N) is 1. The summed E-state index contributed by atoms with van der Waals surface area (Å²) in [5.41, 5.74) is 0.697. The van der Waals surface area contributed by atoms with Crippen LogP contribution in [-0.4, -0.2) is 30.8 Å². The van der Waals surface area contributed by atoms with Gasteiger partial charge in [0.25, 0.3) is 0 Å². The van der Waals surface area contributed by atoms with Gasteiger partial charge in [0, 0.05) is 18.3 Å². The highest BCUT2D eigenvalue weighted by atomic mass is 16.5. The van der Waals surface area contributed by atoms with Crippen molar-refractivity contribution in [2.45, 2.75) is 13.8 Å². The zero-order valence-electron chi connectivity index (χ0n) is 7.46. The number of carbonyl (C=O) groups is 1. The van der Waals surface area contributed by atoms with E-state index in [2.05, 4.69) is 10.1 Å². The number of ether oxygens (including phenoxy) is 1. The van der Waals surface area contributed by atoms with Crippen LogP contribution in [0.5, 0.6) is 0 Å². The molecule has 0 heterocycles. The van der Waals surface area contributed by atoms with Crippen LogP contribution in [0.15, 0.2) is 11.8 Å². The van der Waals surface area contributed by atoms with Crippen molar-refractivity contribution in [3.63, 3.8) is 0 Å². The molecule has 0 aromatic heterocycles. The van der Waals surface area contributed by atoms with Crippen molar-refractivity contribution in [1.29, 1.82) is 0 Å². The van der Waals surface area contributed by atoms with E-state index >= 15 is 0 Å². The van der Waals surface area contributed by atoms with Gasteiger partial charge in [-0.3, -0.25) is 0 Å². The molecule has 0 spiro atoms. The molecule has 0 aliphatic rings. The Bertz CT molecular complexity index is 166. The summed E-state index contributed by atoms with van der Waals surface area (Å²) in [6.45, 7) is 4.37. The molecule has 4 nitrogen and oxygen atoms in total. The lowest BCUT2D eigenvalue weighted by Gasteiger charge is -2.03. The highest BCUT2D eigenvalue weighted by Crippen LogP contribution is 1.88. The molecule has 4 heteroatoms. The quantitative estimate of drug-likeness (QED) is 0.455. The van der Waals surface area contributed by atoms with E-state index in [1.54, 1.807) is 13.8 Å². The van der Waals surface area contributed by atoms with Crippen LogP contribution in [0.25, 0.3) is 0 Å². The van der Waals surface area contributed by atoms with E-state index in [1.165, 1.54) is 6.08 Å². The number of carbonyl (C=O) groups excluding carboxylic acids is 1. The maximum atomic E-state index is 10.8. The van der Waals surface area contributed by atoms with Crippen LogP contribution in [0, 0.1) is 0 Å². The minimum atomic E-state index is -0.361. The molecule has 0 atom stereocenters. The molecule has 0 saturated carbocycles. The molecule has 70 valence electrons. The summed E-state index contributed by atoms with van der Waals surface area (Å²) in [6, 6.07) is 0. The first kappa shape index (κ1) is 11.0. The van der Waals surface area contributed by atoms with Crippen molar-refractivity contribution in [2.75, 3.05) is 19.8 Å². The molecule has 0 aliphatic carbocycles. The van der Waals surface area contributed by atoms with Crippen LogP contribution >= 0.6 is 0 Å². The first-order valence-corrected chi connectivity index (χ1v) is 3.90. The Morgan fingerprint density at radius 1 is 1.67 bits per heavy atom. The fourth-order valence-corrected chi connectivity index (χ4v) is 0.665. The summed E-state index contributed by atoms with van der Waals surface area (Å²) in [4.78, 5) is 10.8. The number of aliphatic hydroxyl groups excluding tert-OH is 1. The molecular weight excluding hydrogens is 158 g/mol. The van der Waals surface area contributed by atoms with E-state index in [-0.39, 0.29) is 12.6 Å². The lowest BCUT2D eigenvalue weighted by Crippen LogP contribution is -2.17. The smallest absolute Gasteiger partial charge is 0.332 e. The first-order chi connectivity index (χ1) is 5.70. The number of esters is 1. The Morgan fingerprint density at radius 3 is 2.83 bits per heavy atom. The Labute approximate surface area is 72.2 Å². The predicted molar refractivity (Wildman–Crippen MR) is 45.5 cm³/mol. The Kier molecular flexibility index (Phi) is 6.09. The van der Waals surface area contributed by atoms with Gasteiger partial charge in [-0.2, -0.15) is 0 Å². The van der Waals surface area contributed by atoms with Crippen molar-refractivity contribution in [2.24, 2.45) is 0 Å². The van der Waals surface area contributed by atoms with E-state index in [1.807, 2.05) is 0 Å². The molecule has 0 unspecified atom stereocenters.